The number of amides is 1. The van der Waals surface area contributed by atoms with Crippen LogP contribution >= 0.6 is 0 Å². The molecule has 2 aromatic carbocycles. The number of hydrogen-bond donors (Lipinski definition) is 1. The van der Waals surface area contributed by atoms with E-state index in [1.165, 1.54) is 16.8 Å². The Labute approximate surface area is 185 Å². The third kappa shape index (κ3) is 5.16. The molecule has 5 heteroatoms. The van der Waals surface area contributed by atoms with Gasteiger partial charge >= 0.3 is 0 Å². The molecule has 164 valence electrons. The van der Waals surface area contributed by atoms with Crippen molar-refractivity contribution in [3.8, 4) is 5.75 Å². The van der Waals surface area contributed by atoms with Crippen LogP contribution in [0.3, 0.4) is 0 Å². The number of nitrogens with one attached hydrogen (secondary N) is 1. The third-order valence-corrected chi connectivity index (χ3v) is 5.70. The molecule has 1 amide bonds. The zero-order chi connectivity index (χ0) is 22.6. The van der Waals surface area contributed by atoms with E-state index in [1.807, 2.05) is 24.3 Å². The van der Waals surface area contributed by atoms with Gasteiger partial charge < -0.3 is 9.64 Å². The Balaban J connectivity index is 1.76. The van der Waals surface area contributed by atoms with E-state index in [4.69, 9.17) is 4.74 Å². The summed E-state index contributed by atoms with van der Waals surface area (Å²) in [5.74, 6) is 0.578. The van der Waals surface area contributed by atoms with E-state index >= 15 is 0 Å². The highest BCUT2D eigenvalue weighted by atomic mass is 16.5. The Hall–Kier alpha value is -3.08. The zero-order valence-electron chi connectivity index (χ0n) is 19.5. The Morgan fingerprint density at radius 2 is 2.00 bits per heavy atom. The number of rotatable bonds is 7. The number of allylic oxidation sites excluding steroid dienone is 1. The molecule has 1 aliphatic heterocycles. The number of aryl methyl sites for hydroxylation is 1. The number of hydrazone groups is 1. The first-order valence-electron chi connectivity index (χ1n) is 10.8. The van der Waals surface area contributed by atoms with Crippen LogP contribution in [-0.2, 0) is 11.2 Å². The first kappa shape index (κ1) is 22.6. The van der Waals surface area contributed by atoms with E-state index in [0.29, 0.717) is 0 Å². The van der Waals surface area contributed by atoms with Crippen LogP contribution in [-0.4, -0.2) is 31.3 Å². The predicted molar refractivity (Wildman–Crippen MR) is 129 cm³/mol. The predicted octanol–water partition coefficient (Wildman–Crippen LogP) is 5.11. The second kappa shape index (κ2) is 9.38. The summed E-state index contributed by atoms with van der Waals surface area (Å²) in [6.45, 7) is 12.0. The number of fused-ring (bicyclic) bond motifs is 1. The molecule has 1 heterocycles. The minimum Gasteiger partial charge on any atom is -0.497 e. The summed E-state index contributed by atoms with van der Waals surface area (Å²) in [6.07, 6.45) is 5.41. The van der Waals surface area contributed by atoms with Crippen molar-refractivity contribution in [1.29, 1.82) is 0 Å². The summed E-state index contributed by atoms with van der Waals surface area (Å²) < 4.78 is 5.21. The number of hydrogen-bond acceptors (Lipinski definition) is 4. The molecule has 0 atom stereocenters. The monoisotopic (exact) mass is 419 g/mol. The van der Waals surface area contributed by atoms with Crippen LogP contribution in [0.2, 0.25) is 0 Å². The smallest absolute Gasteiger partial charge is 0.244 e. The van der Waals surface area contributed by atoms with Gasteiger partial charge in [0.1, 0.15) is 5.75 Å². The number of anilines is 1. The van der Waals surface area contributed by atoms with Crippen molar-refractivity contribution in [3.05, 3.63) is 64.7 Å². The van der Waals surface area contributed by atoms with Gasteiger partial charge in [-0.3, -0.25) is 4.79 Å². The fourth-order valence-electron chi connectivity index (χ4n) is 4.20. The van der Waals surface area contributed by atoms with Gasteiger partial charge in [-0.05, 0) is 80.6 Å². The second-order valence-corrected chi connectivity index (χ2v) is 8.68. The van der Waals surface area contributed by atoms with Gasteiger partial charge in [-0.25, -0.2) is 5.43 Å². The molecule has 31 heavy (non-hydrogen) atoms. The summed E-state index contributed by atoms with van der Waals surface area (Å²) in [7, 11) is 1.61. The minimum absolute atomic E-state index is 0.0107. The highest BCUT2D eigenvalue weighted by molar-refractivity contribution is 5.90. The lowest BCUT2D eigenvalue weighted by molar-refractivity contribution is -0.120. The largest absolute Gasteiger partial charge is 0.497 e. The summed E-state index contributed by atoms with van der Waals surface area (Å²) in [4.78, 5) is 14.7. The van der Waals surface area contributed by atoms with Crippen LogP contribution in [0.1, 0.15) is 56.4 Å². The molecular weight excluding hydrogens is 386 g/mol. The quantitative estimate of drug-likeness (QED) is 0.501. The maximum absolute atomic E-state index is 12.3. The highest BCUT2D eigenvalue weighted by Gasteiger charge is 2.31. The molecule has 0 aliphatic carbocycles. The van der Waals surface area contributed by atoms with E-state index in [1.54, 1.807) is 13.3 Å². The Bertz CT molecular complexity index is 1020. The number of nitrogens with zero attached hydrogens (tertiary/aromatic N) is 2. The Morgan fingerprint density at radius 1 is 1.23 bits per heavy atom. The fraction of sp³-hybridized carbons (Fsp3) is 0.385. The van der Waals surface area contributed by atoms with Gasteiger partial charge in [0.2, 0.25) is 5.91 Å². The number of ether oxygens (including phenoxy) is 1. The van der Waals surface area contributed by atoms with Gasteiger partial charge in [0.05, 0.1) is 25.3 Å². The van der Waals surface area contributed by atoms with Gasteiger partial charge in [-0.2, -0.15) is 5.10 Å². The molecule has 1 aliphatic rings. The molecule has 0 unspecified atom stereocenters. The van der Waals surface area contributed by atoms with Gasteiger partial charge in [0.15, 0.2) is 0 Å². The average Bonchev–Trinajstić information content (AvgIpc) is 2.71. The lowest BCUT2D eigenvalue weighted by Gasteiger charge is -2.43. The molecule has 0 bridgehead atoms. The fourth-order valence-corrected chi connectivity index (χ4v) is 4.20. The number of carbonyl (C=O) groups is 1. The molecule has 0 spiro atoms. The van der Waals surface area contributed by atoms with Crippen molar-refractivity contribution in [2.75, 3.05) is 18.6 Å². The SMILES string of the molecule is CCCN1c2cc(C)c(/C=N/NC(=O)Cc3cccc(OC)c3)cc2C(C)=CC1(C)C. The summed E-state index contributed by atoms with van der Waals surface area (Å²) in [5.41, 5.74) is 9.42. The average molecular weight is 420 g/mol. The molecule has 0 saturated carbocycles. The molecule has 0 radical (unpaired) electrons. The third-order valence-electron chi connectivity index (χ3n) is 5.70. The summed E-state index contributed by atoms with van der Waals surface area (Å²) in [5, 5.41) is 4.21. The molecule has 2 aromatic rings. The number of carbonyl (C=O) groups excluding carboxylic acids is 1. The molecule has 0 aromatic heterocycles. The van der Waals surface area contributed by atoms with Gasteiger partial charge in [0, 0.05) is 17.8 Å². The van der Waals surface area contributed by atoms with E-state index in [-0.39, 0.29) is 17.9 Å². The van der Waals surface area contributed by atoms with Crippen molar-refractivity contribution < 1.29 is 9.53 Å². The van der Waals surface area contributed by atoms with E-state index < -0.39 is 0 Å². The van der Waals surface area contributed by atoms with E-state index in [9.17, 15) is 4.79 Å². The van der Waals surface area contributed by atoms with Gasteiger partial charge in [0.25, 0.3) is 0 Å². The van der Waals surface area contributed by atoms with Crippen molar-refractivity contribution >= 4 is 23.4 Å². The molecular formula is C26H33N3O2. The lowest BCUT2D eigenvalue weighted by atomic mass is 9.87. The Kier molecular flexibility index (Phi) is 6.84. The lowest BCUT2D eigenvalue weighted by Crippen LogP contribution is -2.45. The van der Waals surface area contributed by atoms with Crippen molar-refractivity contribution in [2.45, 2.75) is 53.0 Å². The summed E-state index contributed by atoms with van der Waals surface area (Å²) >= 11 is 0. The highest BCUT2D eigenvalue weighted by Crippen LogP contribution is 2.40. The van der Waals surface area contributed by atoms with Gasteiger partial charge in [-0.1, -0.05) is 25.1 Å². The van der Waals surface area contributed by atoms with Crippen LogP contribution < -0.4 is 15.1 Å². The maximum atomic E-state index is 12.3. The Morgan fingerprint density at radius 3 is 2.71 bits per heavy atom. The molecule has 5 nitrogen and oxygen atoms in total. The summed E-state index contributed by atoms with van der Waals surface area (Å²) in [6, 6.07) is 11.9. The molecule has 0 fully saturated rings. The molecule has 3 rings (SSSR count). The van der Waals surface area contributed by atoms with Gasteiger partial charge in [-0.15, -0.1) is 0 Å². The van der Waals surface area contributed by atoms with Crippen LogP contribution in [0, 0.1) is 6.92 Å². The van der Waals surface area contributed by atoms with Crippen molar-refractivity contribution in [3.63, 3.8) is 0 Å². The van der Waals surface area contributed by atoms with Crippen molar-refractivity contribution in [2.24, 2.45) is 5.10 Å². The zero-order valence-corrected chi connectivity index (χ0v) is 19.5. The van der Waals surface area contributed by atoms with Crippen LogP contribution in [0.15, 0.2) is 47.6 Å². The standard InChI is InChI=1S/C26H33N3O2/c1-7-11-29-24-12-18(2)21(15-23(24)19(3)16-26(29,4)5)17-27-28-25(30)14-20-9-8-10-22(13-20)31-6/h8-10,12-13,15-17H,7,11,14H2,1-6H3,(H,28,30)/b27-17+. The topological polar surface area (TPSA) is 53.9 Å². The maximum Gasteiger partial charge on any atom is 0.244 e. The van der Waals surface area contributed by atoms with Crippen LogP contribution in [0.4, 0.5) is 5.69 Å². The first-order valence-corrected chi connectivity index (χ1v) is 10.8. The van der Waals surface area contributed by atoms with E-state index in [0.717, 1.165) is 35.4 Å². The second-order valence-electron chi connectivity index (χ2n) is 8.68. The van der Waals surface area contributed by atoms with Crippen molar-refractivity contribution in [1.82, 2.24) is 5.43 Å². The molecule has 0 saturated heterocycles. The van der Waals surface area contributed by atoms with Crippen LogP contribution in [0.5, 0.6) is 5.75 Å². The first-order chi connectivity index (χ1) is 14.7. The van der Waals surface area contributed by atoms with Crippen LogP contribution in [0.25, 0.3) is 5.57 Å². The number of benzene rings is 2. The minimum atomic E-state index is -0.160. The normalized spacial score (nSPS) is 14.9. The van der Waals surface area contributed by atoms with E-state index in [2.05, 4.69) is 68.3 Å². The number of methoxy groups -OCH3 is 1. The molecule has 1 N–H and O–H groups in total.